The Labute approximate surface area is 116 Å². The van der Waals surface area contributed by atoms with E-state index >= 15 is 0 Å². The molecule has 2 nitrogen and oxygen atoms in total. The van der Waals surface area contributed by atoms with E-state index in [0.29, 0.717) is 17.9 Å². The van der Waals surface area contributed by atoms with E-state index in [4.69, 9.17) is 0 Å². The van der Waals surface area contributed by atoms with E-state index < -0.39 is 0 Å². The van der Waals surface area contributed by atoms with Crippen LogP contribution in [0.3, 0.4) is 0 Å². The van der Waals surface area contributed by atoms with E-state index in [1.807, 2.05) is 4.90 Å². The Morgan fingerprint density at radius 2 is 2.22 bits per heavy atom. The van der Waals surface area contributed by atoms with Gasteiger partial charge in [0.1, 0.15) is 0 Å². The van der Waals surface area contributed by atoms with Gasteiger partial charge >= 0.3 is 0 Å². The fourth-order valence-corrected chi connectivity index (χ4v) is 3.27. The van der Waals surface area contributed by atoms with Gasteiger partial charge in [-0.25, -0.2) is 0 Å². The van der Waals surface area contributed by atoms with Crippen LogP contribution in [0.2, 0.25) is 0 Å². The number of rotatable bonds is 3. The summed E-state index contributed by atoms with van der Waals surface area (Å²) in [5.41, 5.74) is 3.85. The van der Waals surface area contributed by atoms with Crippen LogP contribution in [0.4, 0.5) is 5.69 Å². The Hall–Kier alpha value is -0.830. The molecule has 3 heteroatoms. The SMILES string of the molecule is CC1Cc2cc(CCBr)ccc2N1C(=O)C1CC1. The minimum atomic E-state index is 0.306. The molecule has 1 aliphatic carbocycles. The van der Waals surface area contributed by atoms with Crippen molar-refractivity contribution < 1.29 is 4.79 Å². The number of aryl methyl sites for hydroxylation is 1. The molecule has 2 aliphatic rings. The summed E-state index contributed by atoms with van der Waals surface area (Å²) in [6.45, 7) is 2.16. The van der Waals surface area contributed by atoms with E-state index in [-0.39, 0.29) is 0 Å². The lowest BCUT2D eigenvalue weighted by atomic mass is 10.1. The van der Waals surface area contributed by atoms with Crippen LogP contribution in [0.1, 0.15) is 30.9 Å². The predicted molar refractivity (Wildman–Crippen MR) is 77.3 cm³/mol. The van der Waals surface area contributed by atoms with Crippen LogP contribution >= 0.6 is 15.9 Å². The Kier molecular flexibility index (Phi) is 3.18. The standard InChI is InChI=1S/C15H18BrNO/c1-10-8-13-9-11(6-7-16)2-5-14(13)17(10)15(18)12-3-4-12/h2,5,9-10,12H,3-4,6-8H2,1H3. The van der Waals surface area contributed by atoms with Crippen molar-refractivity contribution in [1.29, 1.82) is 0 Å². The summed E-state index contributed by atoms with van der Waals surface area (Å²) in [7, 11) is 0. The molecule has 0 aromatic heterocycles. The summed E-state index contributed by atoms with van der Waals surface area (Å²) >= 11 is 3.48. The zero-order valence-electron chi connectivity index (χ0n) is 10.7. The molecule has 0 radical (unpaired) electrons. The number of carbonyl (C=O) groups excluding carboxylic acids is 1. The average Bonchev–Trinajstić information content (AvgIpc) is 3.12. The van der Waals surface area contributed by atoms with E-state index in [1.54, 1.807) is 0 Å². The lowest BCUT2D eigenvalue weighted by Crippen LogP contribution is -2.36. The minimum Gasteiger partial charge on any atom is -0.309 e. The van der Waals surface area contributed by atoms with Gasteiger partial charge in [0.2, 0.25) is 5.91 Å². The monoisotopic (exact) mass is 307 g/mol. The Bertz CT molecular complexity index is 481. The highest BCUT2D eigenvalue weighted by Crippen LogP contribution is 2.39. The maximum Gasteiger partial charge on any atom is 0.230 e. The zero-order chi connectivity index (χ0) is 12.7. The Morgan fingerprint density at radius 1 is 1.44 bits per heavy atom. The first-order valence-electron chi connectivity index (χ1n) is 6.71. The van der Waals surface area contributed by atoms with E-state index in [2.05, 4.69) is 41.1 Å². The molecule has 1 aromatic carbocycles. The van der Waals surface area contributed by atoms with Gasteiger partial charge in [0.25, 0.3) is 0 Å². The molecule has 18 heavy (non-hydrogen) atoms. The minimum absolute atomic E-state index is 0.306. The summed E-state index contributed by atoms with van der Waals surface area (Å²) in [6, 6.07) is 6.89. The normalized spacial score (nSPS) is 22.1. The van der Waals surface area contributed by atoms with Gasteiger partial charge in [-0.2, -0.15) is 0 Å². The van der Waals surface area contributed by atoms with Crippen molar-refractivity contribution in [3.05, 3.63) is 29.3 Å². The quantitative estimate of drug-likeness (QED) is 0.785. The second kappa shape index (κ2) is 4.69. The van der Waals surface area contributed by atoms with Gasteiger partial charge in [0.05, 0.1) is 0 Å². The Balaban J connectivity index is 1.90. The van der Waals surface area contributed by atoms with E-state index in [0.717, 1.165) is 36.7 Å². The largest absolute Gasteiger partial charge is 0.309 e. The van der Waals surface area contributed by atoms with E-state index in [9.17, 15) is 4.79 Å². The molecule has 0 spiro atoms. The summed E-state index contributed by atoms with van der Waals surface area (Å²) in [5, 5.41) is 0.992. The number of amides is 1. The number of carbonyl (C=O) groups is 1. The third-order valence-corrected chi connectivity index (χ3v) is 4.30. The molecule has 1 unspecified atom stereocenters. The van der Waals surface area contributed by atoms with Crippen LogP contribution in [-0.2, 0) is 17.6 Å². The highest BCUT2D eigenvalue weighted by molar-refractivity contribution is 9.09. The van der Waals surface area contributed by atoms with Gasteiger partial charge in [0.15, 0.2) is 0 Å². The van der Waals surface area contributed by atoms with Crippen LogP contribution in [0.5, 0.6) is 0 Å². The topological polar surface area (TPSA) is 20.3 Å². The molecule has 1 fully saturated rings. The van der Waals surface area contributed by atoms with Gasteiger partial charge in [-0.1, -0.05) is 28.1 Å². The molecule has 96 valence electrons. The molecule has 0 saturated heterocycles. The number of alkyl halides is 1. The first-order chi connectivity index (χ1) is 8.70. The zero-order valence-corrected chi connectivity index (χ0v) is 12.2. The van der Waals surface area contributed by atoms with Gasteiger partial charge < -0.3 is 4.90 Å². The third kappa shape index (κ3) is 2.09. The van der Waals surface area contributed by atoms with Crippen molar-refractivity contribution in [2.24, 2.45) is 5.92 Å². The van der Waals surface area contributed by atoms with Gasteiger partial charge in [0, 0.05) is 23.0 Å². The van der Waals surface area contributed by atoms with Crippen molar-refractivity contribution in [2.45, 2.75) is 38.6 Å². The highest BCUT2D eigenvalue weighted by atomic mass is 79.9. The van der Waals surface area contributed by atoms with Crippen molar-refractivity contribution >= 4 is 27.5 Å². The molecule has 0 bridgehead atoms. The molecule has 1 atom stereocenters. The lowest BCUT2D eigenvalue weighted by molar-refractivity contribution is -0.120. The highest BCUT2D eigenvalue weighted by Gasteiger charge is 2.39. The second-order valence-corrected chi connectivity index (χ2v) is 6.23. The fraction of sp³-hybridized carbons (Fsp3) is 0.533. The number of anilines is 1. The molecular formula is C15H18BrNO. The first kappa shape index (κ1) is 12.2. The van der Waals surface area contributed by atoms with Crippen LogP contribution in [0.25, 0.3) is 0 Å². The fourth-order valence-electron chi connectivity index (χ4n) is 2.81. The maximum atomic E-state index is 12.3. The average molecular weight is 308 g/mol. The predicted octanol–water partition coefficient (Wildman–Crippen LogP) is 3.31. The molecule has 1 amide bonds. The van der Waals surface area contributed by atoms with Crippen molar-refractivity contribution in [1.82, 2.24) is 0 Å². The number of halogens is 1. The van der Waals surface area contributed by atoms with Crippen molar-refractivity contribution in [3.63, 3.8) is 0 Å². The first-order valence-corrected chi connectivity index (χ1v) is 7.83. The van der Waals surface area contributed by atoms with Crippen molar-refractivity contribution in [2.75, 3.05) is 10.2 Å². The summed E-state index contributed by atoms with van der Waals surface area (Å²) in [6.07, 6.45) is 4.22. The van der Waals surface area contributed by atoms with Gasteiger partial charge in [-0.15, -0.1) is 0 Å². The Morgan fingerprint density at radius 3 is 2.89 bits per heavy atom. The molecule has 3 rings (SSSR count). The molecule has 1 aliphatic heterocycles. The van der Waals surface area contributed by atoms with E-state index in [1.165, 1.54) is 11.1 Å². The molecule has 0 N–H and O–H groups in total. The summed E-state index contributed by atoms with van der Waals surface area (Å²) < 4.78 is 0. The smallest absolute Gasteiger partial charge is 0.230 e. The van der Waals surface area contributed by atoms with Crippen LogP contribution in [0, 0.1) is 5.92 Å². The number of benzene rings is 1. The van der Waals surface area contributed by atoms with Gasteiger partial charge in [-0.3, -0.25) is 4.79 Å². The maximum absolute atomic E-state index is 12.3. The number of fused-ring (bicyclic) bond motifs is 1. The number of hydrogen-bond acceptors (Lipinski definition) is 1. The van der Waals surface area contributed by atoms with Crippen LogP contribution < -0.4 is 4.90 Å². The second-order valence-electron chi connectivity index (χ2n) is 5.44. The van der Waals surface area contributed by atoms with Crippen molar-refractivity contribution in [3.8, 4) is 0 Å². The molecule has 1 saturated carbocycles. The molecule has 1 aromatic rings. The molecular weight excluding hydrogens is 290 g/mol. The van der Waals surface area contributed by atoms with Gasteiger partial charge in [-0.05, 0) is 49.8 Å². The molecule has 1 heterocycles. The lowest BCUT2D eigenvalue weighted by Gasteiger charge is -2.22. The number of hydrogen-bond donors (Lipinski definition) is 0. The third-order valence-electron chi connectivity index (χ3n) is 3.91. The number of nitrogens with zero attached hydrogens (tertiary/aromatic N) is 1. The summed E-state index contributed by atoms with van der Waals surface area (Å²) in [5.74, 6) is 0.648. The summed E-state index contributed by atoms with van der Waals surface area (Å²) in [4.78, 5) is 14.3. The van der Waals surface area contributed by atoms with Crippen LogP contribution in [0.15, 0.2) is 18.2 Å². The van der Waals surface area contributed by atoms with Crippen LogP contribution in [-0.4, -0.2) is 17.3 Å².